The van der Waals surface area contributed by atoms with Crippen molar-refractivity contribution in [2.75, 3.05) is 0 Å². The van der Waals surface area contributed by atoms with Gasteiger partial charge in [0.25, 0.3) is 0 Å². The first-order valence-corrected chi connectivity index (χ1v) is 13.9. The fourth-order valence-corrected chi connectivity index (χ4v) is 5.64. The van der Waals surface area contributed by atoms with Crippen molar-refractivity contribution in [1.82, 2.24) is 0 Å². The van der Waals surface area contributed by atoms with E-state index in [1.807, 2.05) is 0 Å². The van der Waals surface area contributed by atoms with E-state index in [9.17, 15) is 0 Å². The van der Waals surface area contributed by atoms with Gasteiger partial charge in [-0.3, -0.25) is 0 Å². The molecule has 0 nitrogen and oxygen atoms in total. The molecule has 0 N–H and O–H groups in total. The van der Waals surface area contributed by atoms with Crippen LogP contribution in [-0.4, -0.2) is 0 Å². The maximum Gasteiger partial charge on any atom is -0.0213 e. The maximum absolute atomic E-state index is 2.36. The molecule has 2 rings (SSSR count). The molecule has 0 heteroatoms. The van der Waals surface area contributed by atoms with Crippen LogP contribution in [0.5, 0.6) is 0 Å². The van der Waals surface area contributed by atoms with Crippen molar-refractivity contribution in [2.24, 2.45) is 0 Å². The molecule has 0 amide bonds. The highest BCUT2D eigenvalue weighted by molar-refractivity contribution is 5.47. The van der Waals surface area contributed by atoms with Crippen LogP contribution in [0.2, 0.25) is 0 Å². The molecule has 34 heavy (non-hydrogen) atoms. The van der Waals surface area contributed by atoms with Crippen LogP contribution in [-0.2, 0) is 0 Å². The molecule has 0 spiro atoms. The largest absolute Gasteiger partial charge is 0.0587 e. The summed E-state index contributed by atoms with van der Waals surface area (Å²) in [7, 11) is 0. The summed E-state index contributed by atoms with van der Waals surface area (Å²) < 4.78 is 0. The molecule has 0 atom stereocenters. The predicted octanol–water partition coefficient (Wildman–Crippen LogP) is 11.5. The normalized spacial score (nSPS) is 12.1. The van der Waals surface area contributed by atoms with Gasteiger partial charge in [-0.1, -0.05) is 121 Å². The number of aryl methyl sites for hydroxylation is 1. The highest BCUT2D eigenvalue weighted by Crippen LogP contribution is 2.38. The molecule has 2 aromatic rings. The Labute approximate surface area is 214 Å². The van der Waals surface area contributed by atoms with E-state index in [2.05, 4.69) is 128 Å². The number of rotatable bonds is 7. The van der Waals surface area contributed by atoms with Gasteiger partial charge >= 0.3 is 0 Å². The lowest BCUT2D eigenvalue weighted by Gasteiger charge is -2.27. The third kappa shape index (κ3) is 7.22. The van der Waals surface area contributed by atoms with E-state index < -0.39 is 0 Å². The summed E-state index contributed by atoms with van der Waals surface area (Å²) in [5, 5.41) is 0. The van der Waals surface area contributed by atoms with Gasteiger partial charge in [0.15, 0.2) is 0 Å². The van der Waals surface area contributed by atoms with Gasteiger partial charge in [0.2, 0.25) is 0 Å². The fourth-order valence-electron chi connectivity index (χ4n) is 5.64. The molecule has 0 fully saturated rings. The molecular formula is C34H56. The summed E-state index contributed by atoms with van der Waals surface area (Å²) in [4.78, 5) is 0. The lowest BCUT2D eigenvalue weighted by Crippen LogP contribution is -2.09. The Bertz CT molecular complexity index is 865. The Balaban J connectivity index is 0.000000342. The molecule has 0 radical (unpaired) electrons. The number of benzene rings is 2. The van der Waals surface area contributed by atoms with Gasteiger partial charge < -0.3 is 0 Å². The molecular weight excluding hydrogens is 408 g/mol. The van der Waals surface area contributed by atoms with Crippen molar-refractivity contribution < 1.29 is 0 Å². The van der Waals surface area contributed by atoms with E-state index in [0.717, 1.165) is 0 Å². The molecule has 0 heterocycles. The second kappa shape index (κ2) is 12.9. The van der Waals surface area contributed by atoms with E-state index in [-0.39, 0.29) is 0 Å². The van der Waals surface area contributed by atoms with Crippen LogP contribution >= 0.6 is 0 Å². The van der Waals surface area contributed by atoms with Crippen LogP contribution in [0.15, 0.2) is 24.3 Å². The number of hydrogen-bond donors (Lipinski definition) is 0. The van der Waals surface area contributed by atoms with Crippen molar-refractivity contribution >= 4 is 0 Å². The van der Waals surface area contributed by atoms with E-state index >= 15 is 0 Å². The summed E-state index contributed by atoms with van der Waals surface area (Å²) in [6.07, 6.45) is 0. The highest BCUT2D eigenvalue weighted by Gasteiger charge is 2.21. The molecule has 0 saturated carbocycles. The van der Waals surface area contributed by atoms with E-state index in [0.29, 0.717) is 41.4 Å². The topological polar surface area (TPSA) is 0 Å². The molecule has 0 aliphatic rings. The van der Waals surface area contributed by atoms with Crippen LogP contribution < -0.4 is 0 Å². The summed E-state index contributed by atoms with van der Waals surface area (Å²) >= 11 is 0. The first-order valence-electron chi connectivity index (χ1n) is 13.9. The molecule has 0 aliphatic heterocycles. The lowest BCUT2D eigenvalue weighted by atomic mass is 9.78. The molecule has 192 valence electrons. The molecule has 0 saturated heterocycles. The molecule has 0 unspecified atom stereocenters. The van der Waals surface area contributed by atoms with Crippen LogP contribution in [0, 0.1) is 6.92 Å². The average Bonchev–Trinajstić information content (AvgIpc) is 2.71. The first-order chi connectivity index (χ1) is 15.6. The van der Waals surface area contributed by atoms with Crippen molar-refractivity contribution in [2.45, 2.75) is 145 Å². The van der Waals surface area contributed by atoms with Gasteiger partial charge in [-0.15, -0.1) is 0 Å². The zero-order valence-electron chi connectivity index (χ0n) is 25.4. The Hall–Kier alpha value is -1.56. The van der Waals surface area contributed by atoms with Crippen LogP contribution in [0.1, 0.15) is 183 Å². The minimum Gasteiger partial charge on any atom is -0.0587 e. The Morgan fingerprint density at radius 3 is 0.794 bits per heavy atom. The van der Waals surface area contributed by atoms with Gasteiger partial charge in [0.05, 0.1) is 0 Å². The third-order valence-corrected chi connectivity index (χ3v) is 7.07. The van der Waals surface area contributed by atoms with Gasteiger partial charge in [0, 0.05) is 0 Å². The van der Waals surface area contributed by atoms with Crippen molar-refractivity contribution in [3.05, 3.63) is 68.8 Å². The van der Waals surface area contributed by atoms with Crippen molar-refractivity contribution in [3.8, 4) is 0 Å². The van der Waals surface area contributed by atoms with E-state index in [4.69, 9.17) is 0 Å². The monoisotopic (exact) mass is 464 g/mol. The van der Waals surface area contributed by atoms with E-state index in [1.165, 1.54) is 22.3 Å². The zero-order chi connectivity index (χ0) is 26.5. The standard InChI is InChI=1S/C18H30.C16H26/c1-11(2)15-9-10-16(12(3)4)18(14(7)8)17(15)13(5)6;1-10(2)14-9-8-13(7)15(11(3)4)16(14)12(5)6/h9-14H,1-8H3;8-12H,1-7H3. The smallest absolute Gasteiger partial charge is 0.0213 e. The van der Waals surface area contributed by atoms with E-state index in [1.54, 1.807) is 22.3 Å². The molecule has 0 aliphatic carbocycles. The maximum atomic E-state index is 2.36. The van der Waals surface area contributed by atoms with Gasteiger partial charge in [-0.2, -0.15) is 0 Å². The SMILES string of the molecule is CC(C)c1ccc(C(C)C)c(C(C)C)c1C(C)C.Cc1ccc(C(C)C)c(C(C)C)c1C(C)C. The summed E-state index contributed by atoms with van der Waals surface area (Å²) in [5.41, 5.74) is 12.4. The minimum absolute atomic E-state index is 0.610. The third-order valence-electron chi connectivity index (χ3n) is 7.07. The van der Waals surface area contributed by atoms with Gasteiger partial charge in [0.1, 0.15) is 0 Å². The molecule has 0 bridgehead atoms. The summed E-state index contributed by atoms with van der Waals surface area (Å²) in [6.45, 7) is 34.6. The molecule has 2 aromatic carbocycles. The van der Waals surface area contributed by atoms with Crippen LogP contribution in [0.25, 0.3) is 0 Å². The lowest BCUT2D eigenvalue weighted by molar-refractivity contribution is 0.721. The van der Waals surface area contributed by atoms with Gasteiger partial charge in [-0.25, -0.2) is 0 Å². The minimum atomic E-state index is 0.610. The second-order valence-electron chi connectivity index (χ2n) is 12.5. The Morgan fingerprint density at radius 1 is 0.324 bits per heavy atom. The van der Waals surface area contributed by atoms with Crippen LogP contribution in [0.3, 0.4) is 0 Å². The number of hydrogen-bond acceptors (Lipinski definition) is 0. The fraction of sp³-hybridized carbons (Fsp3) is 0.647. The zero-order valence-corrected chi connectivity index (χ0v) is 25.4. The predicted molar refractivity (Wildman–Crippen MR) is 156 cm³/mol. The summed E-state index contributed by atoms with van der Waals surface area (Å²) in [6, 6.07) is 9.33. The van der Waals surface area contributed by atoms with Crippen molar-refractivity contribution in [1.29, 1.82) is 0 Å². The Kier molecular flexibility index (Phi) is 11.6. The Morgan fingerprint density at radius 2 is 0.559 bits per heavy atom. The van der Waals surface area contributed by atoms with Crippen LogP contribution in [0.4, 0.5) is 0 Å². The van der Waals surface area contributed by atoms with Crippen molar-refractivity contribution in [3.63, 3.8) is 0 Å². The average molecular weight is 465 g/mol. The molecule has 0 aromatic heterocycles. The summed E-state index contributed by atoms with van der Waals surface area (Å²) in [5.74, 6) is 4.31. The second-order valence-corrected chi connectivity index (χ2v) is 12.5. The highest BCUT2D eigenvalue weighted by atomic mass is 14.3. The first kappa shape index (κ1) is 30.5. The van der Waals surface area contributed by atoms with Gasteiger partial charge in [-0.05, 0) is 92.9 Å². The quantitative estimate of drug-likeness (QED) is 0.382.